The first-order valence-electron chi connectivity index (χ1n) is 3.37. The van der Waals surface area contributed by atoms with E-state index in [0.717, 1.165) is 6.54 Å². The van der Waals surface area contributed by atoms with Crippen LogP contribution in [0, 0.1) is 5.92 Å². The molecule has 0 aliphatic heterocycles. The van der Waals surface area contributed by atoms with Gasteiger partial charge in [0.25, 0.3) is 0 Å². The van der Waals surface area contributed by atoms with Crippen molar-refractivity contribution in [2.24, 2.45) is 5.92 Å². The third kappa shape index (κ3) is 3.90. The molecule has 2 nitrogen and oxygen atoms in total. The van der Waals surface area contributed by atoms with Crippen molar-refractivity contribution in [3.63, 3.8) is 0 Å². The SMILES string of the molecule is C=S(C)(=O)N(C)CC(C)C. The second-order valence-corrected chi connectivity index (χ2v) is 5.71. The number of nitrogens with zero attached hydrogens (tertiary/aromatic N) is 1. The second-order valence-electron chi connectivity index (χ2n) is 3.16. The summed E-state index contributed by atoms with van der Waals surface area (Å²) in [5.41, 5.74) is 0. The van der Waals surface area contributed by atoms with Gasteiger partial charge in [-0.1, -0.05) is 13.8 Å². The van der Waals surface area contributed by atoms with Gasteiger partial charge < -0.3 is 0 Å². The zero-order valence-electron chi connectivity index (χ0n) is 7.26. The van der Waals surface area contributed by atoms with Crippen LogP contribution in [0.4, 0.5) is 0 Å². The van der Waals surface area contributed by atoms with Gasteiger partial charge in [0, 0.05) is 22.5 Å². The standard InChI is InChI=1S/C7H17NOS/c1-7(2)6-8(3)10(4,5)9/h7H,4,6H2,1-3,5H3. The van der Waals surface area contributed by atoms with Crippen LogP contribution in [0.2, 0.25) is 0 Å². The molecule has 0 aliphatic carbocycles. The summed E-state index contributed by atoms with van der Waals surface area (Å²) in [7, 11) is -0.122. The third-order valence-electron chi connectivity index (χ3n) is 1.28. The van der Waals surface area contributed by atoms with Crippen molar-refractivity contribution < 1.29 is 4.21 Å². The van der Waals surface area contributed by atoms with Gasteiger partial charge in [-0.05, 0) is 18.8 Å². The van der Waals surface area contributed by atoms with E-state index < -0.39 is 9.71 Å². The molecule has 0 aliphatic rings. The summed E-state index contributed by atoms with van der Waals surface area (Å²) in [4.78, 5) is 0. The fourth-order valence-corrected chi connectivity index (χ4v) is 1.29. The van der Waals surface area contributed by atoms with Gasteiger partial charge in [0.2, 0.25) is 0 Å². The molecule has 0 saturated heterocycles. The van der Waals surface area contributed by atoms with Gasteiger partial charge >= 0.3 is 0 Å². The molecule has 3 heteroatoms. The lowest BCUT2D eigenvalue weighted by molar-refractivity contribution is 0.446. The Balaban J connectivity index is 3.99. The molecule has 10 heavy (non-hydrogen) atoms. The minimum Gasteiger partial charge on any atom is -0.253 e. The topological polar surface area (TPSA) is 20.3 Å². The largest absolute Gasteiger partial charge is 0.253 e. The van der Waals surface area contributed by atoms with Crippen molar-refractivity contribution >= 4 is 15.6 Å². The maximum Gasteiger partial charge on any atom is 0.0242 e. The van der Waals surface area contributed by atoms with Gasteiger partial charge in [0.05, 0.1) is 0 Å². The van der Waals surface area contributed by atoms with E-state index in [1.807, 2.05) is 7.05 Å². The van der Waals surface area contributed by atoms with E-state index in [-0.39, 0.29) is 0 Å². The van der Waals surface area contributed by atoms with Gasteiger partial charge in [-0.25, -0.2) is 4.31 Å². The van der Waals surface area contributed by atoms with Crippen LogP contribution in [0.5, 0.6) is 0 Å². The minimum atomic E-state index is -1.96. The van der Waals surface area contributed by atoms with Crippen LogP contribution in [0.25, 0.3) is 0 Å². The average Bonchev–Trinajstić information content (AvgIpc) is 1.60. The Morgan fingerprint density at radius 1 is 1.60 bits per heavy atom. The van der Waals surface area contributed by atoms with Crippen LogP contribution in [0.15, 0.2) is 0 Å². The summed E-state index contributed by atoms with van der Waals surface area (Å²) in [5.74, 6) is 4.13. The second kappa shape index (κ2) is 3.39. The summed E-state index contributed by atoms with van der Waals surface area (Å²) < 4.78 is 13.0. The van der Waals surface area contributed by atoms with Crippen molar-refractivity contribution in [2.75, 3.05) is 19.8 Å². The highest BCUT2D eigenvalue weighted by Crippen LogP contribution is 1.99. The highest BCUT2D eigenvalue weighted by molar-refractivity contribution is 7.97. The summed E-state index contributed by atoms with van der Waals surface area (Å²) in [5, 5.41) is 0. The Bertz CT molecular complexity index is 182. The van der Waals surface area contributed by atoms with Crippen molar-refractivity contribution in [2.45, 2.75) is 13.8 Å². The molecule has 1 atom stereocenters. The summed E-state index contributed by atoms with van der Waals surface area (Å²) in [6.07, 6.45) is 1.66. The van der Waals surface area contributed by atoms with Crippen LogP contribution >= 0.6 is 0 Å². The van der Waals surface area contributed by atoms with E-state index in [2.05, 4.69) is 19.7 Å². The first-order chi connectivity index (χ1) is 4.34. The van der Waals surface area contributed by atoms with Crippen LogP contribution in [0.3, 0.4) is 0 Å². The van der Waals surface area contributed by atoms with Gasteiger partial charge in [-0.15, -0.1) is 0 Å². The quantitative estimate of drug-likeness (QED) is 0.564. The highest BCUT2D eigenvalue weighted by Gasteiger charge is 2.05. The molecule has 0 N–H and O–H groups in total. The minimum absolute atomic E-state index is 0.549. The van der Waals surface area contributed by atoms with E-state index >= 15 is 0 Å². The van der Waals surface area contributed by atoms with Gasteiger partial charge in [0.1, 0.15) is 0 Å². The molecule has 0 rings (SSSR count). The average molecular weight is 163 g/mol. The zero-order chi connectivity index (χ0) is 8.36. The Labute approximate surface area is 64.4 Å². The van der Waals surface area contributed by atoms with E-state index in [0.29, 0.717) is 5.92 Å². The molecular formula is C7H17NOS. The van der Waals surface area contributed by atoms with Crippen molar-refractivity contribution in [3.05, 3.63) is 0 Å². The zero-order valence-corrected chi connectivity index (χ0v) is 8.07. The first-order valence-corrected chi connectivity index (χ1v) is 5.46. The van der Waals surface area contributed by atoms with Crippen molar-refractivity contribution in [1.29, 1.82) is 0 Å². The molecule has 1 unspecified atom stereocenters. The fourth-order valence-electron chi connectivity index (χ4n) is 0.672. The fraction of sp³-hybridized carbons (Fsp3) is 0.857. The van der Waals surface area contributed by atoms with E-state index in [1.165, 1.54) is 0 Å². The molecule has 0 amide bonds. The maximum absolute atomic E-state index is 11.2. The lowest BCUT2D eigenvalue weighted by Gasteiger charge is -2.19. The van der Waals surface area contributed by atoms with Crippen LogP contribution in [-0.4, -0.2) is 34.2 Å². The Morgan fingerprint density at radius 3 is 2.10 bits per heavy atom. The molecule has 0 aromatic rings. The predicted molar refractivity (Wildman–Crippen MR) is 48.7 cm³/mol. The van der Waals surface area contributed by atoms with Crippen LogP contribution in [0.1, 0.15) is 13.8 Å². The third-order valence-corrected chi connectivity index (χ3v) is 2.75. The smallest absolute Gasteiger partial charge is 0.0242 e. The monoisotopic (exact) mass is 163 g/mol. The lowest BCUT2D eigenvalue weighted by atomic mass is 10.2. The molecule has 0 radical (unpaired) electrons. The van der Waals surface area contributed by atoms with Gasteiger partial charge in [-0.3, -0.25) is 4.21 Å². The molecule has 0 aromatic carbocycles. The molecule has 0 fully saturated rings. The summed E-state index contributed by atoms with van der Waals surface area (Å²) >= 11 is 0. The first kappa shape index (κ1) is 9.98. The van der Waals surface area contributed by atoms with E-state index in [1.54, 1.807) is 10.6 Å². The molecular weight excluding hydrogens is 146 g/mol. The number of hydrogen-bond acceptors (Lipinski definition) is 1. The maximum atomic E-state index is 11.2. The number of hydrogen-bond donors (Lipinski definition) is 0. The van der Waals surface area contributed by atoms with Gasteiger partial charge in [0.15, 0.2) is 0 Å². The van der Waals surface area contributed by atoms with Crippen molar-refractivity contribution in [3.8, 4) is 0 Å². The highest BCUT2D eigenvalue weighted by atomic mass is 32.2. The molecule has 0 spiro atoms. The van der Waals surface area contributed by atoms with E-state index in [9.17, 15) is 4.21 Å². The molecule has 0 aromatic heterocycles. The molecule has 0 heterocycles. The van der Waals surface area contributed by atoms with Crippen LogP contribution in [-0.2, 0) is 9.71 Å². The normalized spacial score (nSPS) is 17.8. The van der Waals surface area contributed by atoms with Crippen molar-refractivity contribution in [1.82, 2.24) is 4.31 Å². The van der Waals surface area contributed by atoms with Gasteiger partial charge in [-0.2, -0.15) is 0 Å². The summed E-state index contributed by atoms with van der Waals surface area (Å²) in [6.45, 7) is 5.04. The summed E-state index contributed by atoms with van der Waals surface area (Å²) in [6, 6.07) is 0. The Hall–Kier alpha value is -0.0200. The van der Waals surface area contributed by atoms with Crippen LogP contribution < -0.4 is 0 Å². The molecule has 0 saturated carbocycles. The Morgan fingerprint density at radius 2 is 2.00 bits per heavy atom. The molecule has 62 valence electrons. The molecule has 0 bridgehead atoms. The van der Waals surface area contributed by atoms with E-state index in [4.69, 9.17) is 0 Å². The predicted octanol–water partition coefficient (Wildman–Crippen LogP) is 0.835. The Kier molecular flexibility index (Phi) is 3.39. The number of rotatable bonds is 3. The lowest BCUT2D eigenvalue weighted by Crippen LogP contribution is -2.28.